The second-order valence-corrected chi connectivity index (χ2v) is 2.88. The normalized spacial score (nSPS) is 10.1. The highest BCUT2D eigenvalue weighted by atomic mass is 32.2. The van der Waals surface area contributed by atoms with Gasteiger partial charge in [-0.25, -0.2) is 8.42 Å². The summed E-state index contributed by atoms with van der Waals surface area (Å²) in [5.41, 5.74) is 5.78. The van der Waals surface area contributed by atoms with Crippen molar-refractivity contribution in [3.8, 4) is 5.75 Å². The quantitative estimate of drug-likeness (QED) is 0.226. The van der Waals surface area contributed by atoms with Gasteiger partial charge in [0, 0.05) is 0 Å². The Kier molecular flexibility index (Phi) is 2.39. The van der Waals surface area contributed by atoms with Crippen molar-refractivity contribution in [3.63, 3.8) is 0 Å². The zero-order valence-electron chi connectivity index (χ0n) is 6.02. The van der Waals surface area contributed by atoms with Crippen LogP contribution in [-0.4, -0.2) is 13.5 Å². The van der Waals surface area contributed by atoms with Crippen molar-refractivity contribution in [2.75, 3.05) is 10.5 Å². The number of phenolic OH excluding ortho intramolecular Hbond substituents is 1. The number of thiol groups is 1. The molecule has 0 aliphatic carbocycles. The summed E-state index contributed by atoms with van der Waals surface area (Å²) in [6, 6.07) is 4.06. The molecule has 0 aliphatic rings. The smallest absolute Gasteiger partial charge is 0.222 e. The Morgan fingerprint density at radius 1 is 1.42 bits per heavy atom. The molecule has 1 rings (SSSR count). The lowest BCUT2D eigenvalue weighted by Crippen LogP contribution is -1.95. The minimum Gasteiger partial charge on any atom is -0.506 e. The van der Waals surface area contributed by atoms with Gasteiger partial charge in [-0.1, -0.05) is 0 Å². The van der Waals surface area contributed by atoms with Crippen LogP contribution in [0.4, 0.5) is 11.4 Å². The number of nitrogen functional groups attached to an aromatic ring is 1. The second kappa shape index (κ2) is 3.31. The summed E-state index contributed by atoms with van der Waals surface area (Å²) >= 11 is 0. The Balaban J connectivity index is 2.97. The number of nitrogens with two attached hydrogens (primary N) is 1. The molecule has 1 aromatic rings. The maximum atomic E-state index is 10.2. The molecule has 4 N–H and O–H groups in total. The Morgan fingerprint density at radius 2 is 2.08 bits per heavy atom. The van der Waals surface area contributed by atoms with Crippen molar-refractivity contribution in [3.05, 3.63) is 18.2 Å². The lowest BCUT2D eigenvalue weighted by Gasteiger charge is -2.01. The molecule has 0 heterocycles. The third kappa shape index (κ3) is 2.03. The lowest BCUT2D eigenvalue weighted by atomic mass is 10.3. The number of hydrogen-bond acceptors (Lipinski definition) is 4. The molecule has 12 heavy (non-hydrogen) atoms. The standard InChI is InChI=1S/C6H8N2O3S/c7-5-3-4(8-12(10)11)1-2-6(5)9/h1-3,9,12H,7H2,(H,8,10,11). The average Bonchev–Trinajstić information content (AvgIpc) is 1.96. The van der Waals surface area contributed by atoms with Crippen molar-refractivity contribution < 1.29 is 13.5 Å². The molecule has 0 amide bonds. The first-order valence-electron chi connectivity index (χ1n) is 3.09. The van der Waals surface area contributed by atoms with Gasteiger partial charge in [-0.2, -0.15) is 0 Å². The molecule has 0 saturated carbocycles. The average molecular weight is 188 g/mol. The summed E-state index contributed by atoms with van der Waals surface area (Å²) in [7, 11) is -2.69. The van der Waals surface area contributed by atoms with Gasteiger partial charge in [0.2, 0.25) is 10.9 Å². The van der Waals surface area contributed by atoms with Gasteiger partial charge in [0.25, 0.3) is 0 Å². The van der Waals surface area contributed by atoms with Gasteiger partial charge in [0.05, 0.1) is 11.4 Å². The molecule has 0 saturated heterocycles. The molecule has 0 aromatic heterocycles. The molecule has 0 unspecified atom stereocenters. The van der Waals surface area contributed by atoms with Crippen molar-refractivity contribution in [1.82, 2.24) is 0 Å². The summed E-state index contributed by atoms with van der Waals surface area (Å²) in [6.07, 6.45) is 0. The maximum Gasteiger partial charge on any atom is 0.222 e. The highest BCUT2D eigenvalue weighted by molar-refractivity contribution is 7.73. The summed E-state index contributed by atoms with van der Waals surface area (Å²) in [5, 5.41) is 8.97. The SMILES string of the molecule is Nc1cc(N[SH](=O)=O)ccc1O. The molecule has 0 aliphatic heterocycles. The first-order chi connectivity index (χ1) is 5.59. The van der Waals surface area contributed by atoms with E-state index < -0.39 is 10.9 Å². The molecular weight excluding hydrogens is 180 g/mol. The number of anilines is 2. The van der Waals surface area contributed by atoms with E-state index in [1.807, 2.05) is 0 Å². The van der Waals surface area contributed by atoms with Gasteiger partial charge in [-0.3, -0.25) is 4.72 Å². The second-order valence-electron chi connectivity index (χ2n) is 2.14. The van der Waals surface area contributed by atoms with Gasteiger partial charge >= 0.3 is 0 Å². The van der Waals surface area contributed by atoms with Gasteiger partial charge in [0.1, 0.15) is 5.75 Å². The lowest BCUT2D eigenvalue weighted by molar-refractivity contribution is 0.478. The Labute approximate surface area is 70.9 Å². The predicted molar refractivity (Wildman–Crippen MR) is 46.5 cm³/mol. The van der Waals surface area contributed by atoms with Crippen LogP contribution >= 0.6 is 0 Å². The molecular formula is C6H8N2O3S. The molecule has 66 valence electrons. The zero-order valence-corrected chi connectivity index (χ0v) is 6.91. The van der Waals surface area contributed by atoms with Crippen molar-refractivity contribution in [1.29, 1.82) is 0 Å². The van der Waals surface area contributed by atoms with Crippen LogP contribution in [0.2, 0.25) is 0 Å². The summed E-state index contributed by atoms with van der Waals surface area (Å²) < 4.78 is 22.5. The van der Waals surface area contributed by atoms with Gasteiger partial charge in [-0.05, 0) is 18.2 Å². The van der Waals surface area contributed by atoms with E-state index in [2.05, 4.69) is 4.72 Å². The molecule has 0 fully saturated rings. The maximum absolute atomic E-state index is 10.2. The van der Waals surface area contributed by atoms with Crippen LogP contribution in [0, 0.1) is 0 Å². The summed E-state index contributed by atoms with van der Waals surface area (Å²) in [6.45, 7) is 0. The third-order valence-corrected chi connectivity index (χ3v) is 1.69. The largest absolute Gasteiger partial charge is 0.506 e. The molecule has 0 atom stereocenters. The topological polar surface area (TPSA) is 92.4 Å². The van der Waals surface area contributed by atoms with Crippen LogP contribution in [0.5, 0.6) is 5.75 Å². The van der Waals surface area contributed by atoms with E-state index in [1.165, 1.54) is 18.2 Å². The fourth-order valence-electron chi connectivity index (χ4n) is 0.729. The van der Waals surface area contributed by atoms with Crippen molar-refractivity contribution in [2.45, 2.75) is 0 Å². The number of nitrogens with one attached hydrogen (secondary N) is 1. The number of rotatable bonds is 2. The molecule has 0 spiro atoms. The van der Waals surface area contributed by atoms with Crippen LogP contribution in [0.15, 0.2) is 18.2 Å². The zero-order chi connectivity index (χ0) is 9.14. The van der Waals surface area contributed by atoms with E-state index in [1.54, 1.807) is 0 Å². The molecule has 5 nitrogen and oxygen atoms in total. The Hall–Kier alpha value is -1.43. The number of hydrogen-bond donors (Lipinski definition) is 4. The number of aromatic hydroxyl groups is 1. The minimum absolute atomic E-state index is 0.0679. The monoisotopic (exact) mass is 188 g/mol. The van der Waals surface area contributed by atoms with Crippen molar-refractivity contribution in [2.24, 2.45) is 0 Å². The van der Waals surface area contributed by atoms with E-state index in [4.69, 9.17) is 10.8 Å². The van der Waals surface area contributed by atoms with Crippen LogP contribution in [0.25, 0.3) is 0 Å². The van der Waals surface area contributed by atoms with E-state index in [0.717, 1.165) is 0 Å². The highest BCUT2D eigenvalue weighted by Gasteiger charge is 1.97. The first kappa shape index (κ1) is 8.66. The highest BCUT2D eigenvalue weighted by Crippen LogP contribution is 2.22. The van der Waals surface area contributed by atoms with Crippen LogP contribution in [0.3, 0.4) is 0 Å². The van der Waals surface area contributed by atoms with Gasteiger partial charge in [-0.15, -0.1) is 0 Å². The molecule has 0 bridgehead atoms. The fraction of sp³-hybridized carbons (Fsp3) is 0. The van der Waals surface area contributed by atoms with Crippen LogP contribution < -0.4 is 10.5 Å². The molecule has 6 heteroatoms. The number of phenols is 1. The van der Waals surface area contributed by atoms with E-state index in [9.17, 15) is 8.42 Å². The van der Waals surface area contributed by atoms with Gasteiger partial charge in [0.15, 0.2) is 0 Å². The summed E-state index contributed by atoms with van der Waals surface area (Å²) in [4.78, 5) is 0. The predicted octanol–water partition coefficient (Wildman–Crippen LogP) is -0.0873. The first-order valence-corrected chi connectivity index (χ1v) is 4.27. The number of benzene rings is 1. The Bertz CT molecular complexity index is 354. The molecule has 1 aromatic carbocycles. The molecule has 0 radical (unpaired) electrons. The minimum atomic E-state index is -2.69. The van der Waals surface area contributed by atoms with Crippen LogP contribution in [0.1, 0.15) is 0 Å². The fourth-order valence-corrected chi connectivity index (χ4v) is 1.08. The van der Waals surface area contributed by atoms with E-state index in [0.29, 0.717) is 5.69 Å². The van der Waals surface area contributed by atoms with Crippen LogP contribution in [-0.2, 0) is 10.9 Å². The third-order valence-electron chi connectivity index (χ3n) is 1.25. The van der Waals surface area contributed by atoms with Crippen molar-refractivity contribution >= 4 is 22.3 Å². The van der Waals surface area contributed by atoms with Gasteiger partial charge < -0.3 is 10.8 Å². The summed E-state index contributed by atoms with van der Waals surface area (Å²) in [5.74, 6) is -0.0679. The Morgan fingerprint density at radius 3 is 2.58 bits per heavy atom. The van der Waals surface area contributed by atoms with E-state index in [-0.39, 0.29) is 11.4 Å². The van der Waals surface area contributed by atoms with E-state index >= 15 is 0 Å².